The van der Waals surface area contributed by atoms with E-state index in [1.807, 2.05) is 6.07 Å². The molecule has 1 atom stereocenters. The smallest absolute Gasteiger partial charge is 0.122 e. The van der Waals surface area contributed by atoms with Crippen molar-refractivity contribution in [3.05, 3.63) is 41.5 Å². The van der Waals surface area contributed by atoms with E-state index in [-0.39, 0.29) is 5.41 Å². The topological polar surface area (TPSA) is 9.23 Å². The van der Waals surface area contributed by atoms with E-state index in [1.54, 1.807) is 7.11 Å². The summed E-state index contributed by atoms with van der Waals surface area (Å²) in [5.74, 6) is 1.01. The van der Waals surface area contributed by atoms with Crippen LogP contribution < -0.4 is 4.74 Å². The molecular formula is C15H20O. The zero-order valence-electron chi connectivity index (χ0n) is 10.4. The lowest BCUT2D eigenvalue weighted by Gasteiger charge is -2.35. The number of rotatable bonds is 2. The molecule has 0 N–H and O–H groups in total. The fraction of sp³-hybridized carbons (Fsp3) is 0.467. The fourth-order valence-electron chi connectivity index (χ4n) is 2.64. The van der Waals surface area contributed by atoms with Crippen molar-refractivity contribution < 1.29 is 4.74 Å². The maximum absolute atomic E-state index is 5.48. The summed E-state index contributed by atoms with van der Waals surface area (Å²) in [6.45, 7) is 4.57. The molecule has 0 spiro atoms. The third-order valence-electron chi connectivity index (χ3n) is 3.90. The Labute approximate surface area is 98.1 Å². The van der Waals surface area contributed by atoms with Crippen molar-refractivity contribution in [3.63, 3.8) is 0 Å². The lowest BCUT2D eigenvalue weighted by Crippen LogP contribution is -2.26. The van der Waals surface area contributed by atoms with E-state index in [0.29, 0.717) is 0 Å². The molecule has 0 fully saturated rings. The van der Waals surface area contributed by atoms with Crippen molar-refractivity contribution in [3.8, 4) is 5.75 Å². The molecule has 16 heavy (non-hydrogen) atoms. The summed E-state index contributed by atoms with van der Waals surface area (Å²) in [4.78, 5) is 0. The normalized spacial score (nSPS) is 25.1. The van der Waals surface area contributed by atoms with E-state index in [9.17, 15) is 0 Å². The molecule has 1 unspecified atom stereocenters. The molecular weight excluding hydrogens is 196 g/mol. The van der Waals surface area contributed by atoms with Crippen molar-refractivity contribution >= 4 is 0 Å². The first-order valence-corrected chi connectivity index (χ1v) is 5.99. The van der Waals surface area contributed by atoms with Gasteiger partial charge in [0.05, 0.1) is 7.11 Å². The van der Waals surface area contributed by atoms with Gasteiger partial charge >= 0.3 is 0 Å². The number of ether oxygens (including phenoxy) is 1. The molecule has 0 amide bonds. The van der Waals surface area contributed by atoms with Crippen LogP contribution >= 0.6 is 0 Å². The van der Waals surface area contributed by atoms with Crippen LogP contribution in [0.5, 0.6) is 5.75 Å². The van der Waals surface area contributed by atoms with Gasteiger partial charge in [0.1, 0.15) is 5.75 Å². The molecule has 0 saturated carbocycles. The van der Waals surface area contributed by atoms with Crippen LogP contribution in [0.3, 0.4) is 0 Å². The Kier molecular flexibility index (Phi) is 3.04. The second kappa shape index (κ2) is 4.32. The van der Waals surface area contributed by atoms with Crippen LogP contribution in [0.15, 0.2) is 35.9 Å². The first kappa shape index (κ1) is 11.3. The number of para-hydroxylation sites is 1. The second-order valence-electron chi connectivity index (χ2n) is 4.81. The fourth-order valence-corrected chi connectivity index (χ4v) is 2.64. The molecule has 1 heteroatoms. The van der Waals surface area contributed by atoms with Gasteiger partial charge in [-0.3, -0.25) is 0 Å². The van der Waals surface area contributed by atoms with Gasteiger partial charge in [-0.25, -0.2) is 0 Å². The molecule has 1 aliphatic carbocycles. The second-order valence-corrected chi connectivity index (χ2v) is 4.81. The van der Waals surface area contributed by atoms with Gasteiger partial charge in [-0.15, -0.1) is 0 Å². The highest BCUT2D eigenvalue weighted by Crippen LogP contribution is 2.43. The Morgan fingerprint density at radius 3 is 2.69 bits per heavy atom. The van der Waals surface area contributed by atoms with Gasteiger partial charge in [0.15, 0.2) is 0 Å². The summed E-state index contributed by atoms with van der Waals surface area (Å²) in [6, 6.07) is 8.39. The van der Waals surface area contributed by atoms with E-state index >= 15 is 0 Å². The maximum atomic E-state index is 5.48. The molecule has 0 heterocycles. The predicted molar refractivity (Wildman–Crippen MR) is 68.0 cm³/mol. The number of hydrogen-bond donors (Lipinski definition) is 0. The van der Waals surface area contributed by atoms with Gasteiger partial charge in [0, 0.05) is 11.0 Å². The maximum Gasteiger partial charge on any atom is 0.122 e. The minimum atomic E-state index is 0.158. The Morgan fingerprint density at radius 2 is 2.00 bits per heavy atom. The van der Waals surface area contributed by atoms with Crippen LogP contribution in [-0.4, -0.2) is 7.11 Å². The van der Waals surface area contributed by atoms with Gasteiger partial charge in [0.2, 0.25) is 0 Å². The predicted octanol–water partition coefficient (Wildman–Crippen LogP) is 4.08. The molecule has 1 aromatic rings. The van der Waals surface area contributed by atoms with Crippen LogP contribution in [0.25, 0.3) is 0 Å². The van der Waals surface area contributed by atoms with E-state index < -0.39 is 0 Å². The molecule has 0 radical (unpaired) electrons. The van der Waals surface area contributed by atoms with E-state index in [0.717, 1.165) is 5.75 Å². The Morgan fingerprint density at radius 1 is 1.25 bits per heavy atom. The molecule has 0 aromatic heterocycles. The first-order chi connectivity index (χ1) is 7.68. The van der Waals surface area contributed by atoms with Crippen molar-refractivity contribution in [2.24, 2.45) is 0 Å². The minimum absolute atomic E-state index is 0.158. The molecule has 2 rings (SSSR count). The lowest BCUT2D eigenvalue weighted by molar-refractivity contribution is 0.384. The van der Waals surface area contributed by atoms with E-state index in [1.165, 1.54) is 30.4 Å². The number of allylic oxidation sites excluding steroid dienone is 2. The highest BCUT2D eigenvalue weighted by molar-refractivity contribution is 5.45. The van der Waals surface area contributed by atoms with Crippen molar-refractivity contribution in [1.82, 2.24) is 0 Å². The first-order valence-electron chi connectivity index (χ1n) is 5.99. The number of methoxy groups -OCH3 is 1. The summed E-state index contributed by atoms with van der Waals surface area (Å²) in [7, 11) is 1.75. The lowest BCUT2D eigenvalue weighted by atomic mass is 9.69. The molecule has 1 aliphatic rings. The third kappa shape index (κ3) is 1.75. The van der Waals surface area contributed by atoms with Crippen LogP contribution in [0, 0.1) is 0 Å². The molecule has 0 aliphatic heterocycles. The van der Waals surface area contributed by atoms with Crippen LogP contribution in [0.1, 0.15) is 38.7 Å². The van der Waals surface area contributed by atoms with Crippen LogP contribution in [0.2, 0.25) is 0 Å². The Balaban J connectivity index is 2.49. The van der Waals surface area contributed by atoms with Gasteiger partial charge in [-0.2, -0.15) is 0 Å². The Hall–Kier alpha value is -1.24. The number of benzene rings is 1. The van der Waals surface area contributed by atoms with E-state index in [2.05, 4.69) is 38.1 Å². The third-order valence-corrected chi connectivity index (χ3v) is 3.90. The molecule has 1 nitrogen and oxygen atoms in total. The summed E-state index contributed by atoms with van der Waals surface area (Å²) < 4.78 is 5.48. The summed E-state index contributed by atoms with van der Waals surface area (Å²) >= 11 is 0. The highest BCUT2D eigenvalue weighted by atomic mass is 16.5. The van der Waals surface area contributed by atoms with E-state index in [4.69, 9.17) is 4.74 Å². The standard InChI is InChI=1S/C15H20O/c1-12-8-6-7-11-15(12,2)13-9-4-5-10-14(13)16-3/h4-5,8-10H,6-7,11H2,1-3H3. The highest BCUT2D eigenvalue weighted by Gasteiger charge is 2.32. The molecule has 86 valence electrons. The monoisotopic (exact) mass is 216 g/mol. The summed E-state index contributed by atoms with van der Waals surface area (Å²) in [6.07, 6.45) is 6.08. The molecule has 0 bridgehead atoms. The quantitative estimate of drug-likeness (QED) is 0.677. The van der Waals surface area contributed by atoms with Gasteiger partial charge in [0.25, 0.3) is 0 Å². The molecule has 0 saturated heterocycles. The van der Waals surface area contributed by atoms with Crippen LogP contribution in [0.4, 0.5) is 0 Å². The van der Waals surface area contributed by atoms with Gasteiger partial charge in [-0.05, 0) is 32.3 Å². The average molecular weight is 216 g/mol. The summed E-state index contributed by atoms with van der Waals surface area (Å²) in [5, 5.41) is 0. The largest absolute Gasteiger partial charge is 0.496 e. The summed E-state index contributed by atoms with van der Waals surface area (Å²) in [5.41, 5.74) is 2.96. The SMILES string of the molecule is COc1ccccc1C1(C)CCCC=C1C. The Bertz CT molecular complexity index is 406. The van der Waals surface area contributed by atoms with Crippen molar-refractivity contribution in [2.75, 3.05) is 7.11 Å². The van der Waals surface area contributed by atoms with Crippen molar-refractivity contribution in [1.29, 1.82) is 0 Å². The van der Waals surface area contributed by atoms with Crippen LogP contribution in [-0.2, 0) is 5.41 Å². The zero-order valence-corrected chi connectivity index (χ0v) is 10.4. The van der Waals surface area contributed by atoms with Gasteiger partial charge < -0.3 is 4.74 Å². The van der Waals surface area contributed by atoms with Crippen molar-refractivity contribution in [2.45, 2.75) is 38.5 Å². The minimum Gasteiger partial charge on any atom is -0.496 e. The van der Waals surface area contributed by atoms with Gasteiger partial charge in [-0.1, -0.05) is 36.8 Å². The zero-order chi connectivity index (χ0) is 11.6. The molecule has 1 aromatic carbocycles. The average Bonchev–Trinajstić information content (AvgIpc) is 2.33. The number of hydrogen-bond acceptors (Lipinski definition) is 1.